The molecular weight excluding hydrogens is 342 g/mol. The summed E-state index contributed by atoms with van der Waals surface area (Å²) in [7, 11) is 0. The first-order valence-electron chi connectivity index (χ1n) is 7.75. The van der Waals surface area contributed by atoms with Crippen molar-refractivity contribution in [2.24, 2.45) is 5.92 Å². The van der Waals surface area contributed by atoms with Gasteiger partial charge in [0, 0.05) is 20.3 Å². The summed E-state index contributed by atoms with van der Waals surface area (Å²) in [5.41, 5.74) is 1.50. The van der Waals surface area contributed by atoms with Crippen molar-refractivity contribution in [3.63, 3.8) is 0 Å². The minimum absolute atomic E-state index is 0.489. The number of rotatable bonds is 6. The van der Waals surface area contributed by atoms with Crippen LogP contribution in [0.4, 0.5) is 0 Å². The maximum atomic E-state index is 3.78. The zero-order valence-corrected chi connectivity index (χ0v) is 15.0. The van der Waals surface area contributed by atoms with Gasteiger partial charge in [-0.2, -0.15) is 0 Å². The van der Waals surface area contributed by atoms with Gasteiger partial charge in [0.2, 0.25) is 0 Å². The molecule has 21 heavy (non-hydrogen) atoms. The van der Waals surface area contributed by atoms with E-state index >= 15 is 0 Å². The third kappa shape index (κ3) is 3.41. The Hall–Kier alpha value is -0.640. The first kappa shape index (κ1) is 15.3. The second-order valence-electron chi connectivity index (χ2n) is 5.92. The zero-order valence-electron chi connectivity index (χ0n) is 12.6. The van der Waals surface area contributed by atoms with E-state index in [2.05, 4.69) is 71.5 Å². The van der Waals surface area contributed by atoms with Gasteiger partial charge in [0.25, 0.3) is 0 Å². The van der Waals surface area contributed by atoms with E-state index in [0.717, 1.165) is 18.4 Å². The van der Waals surface area contributed by atoms with Crippen LogP contribution in [0.3, 0.4) is 0 Å². The summed E-state index contributed by atoms with van der Waals surface area (Å²) in [5.74, 6) is 1.45. The molecule has 112 valence electrons. The van der Waals surface area contributed by atoms with Crippen LogP contribution in [0.1, 0.15) is 47.0 Å². The highest BCUT2D eigenvalue weighted by Gasteiger charge is 2.45. The van der Waals surface area contributed by atoms with E-state index in [0.29, 0.717) is 6.04 Å². The molecule has 1 saturated carbocycles. The molecule has 0 spiro atoms. The molecule has 0 bridgehead atoms. The van der Waals surface area contributed by atoms with E-state index in [-0.39, 0.29) is 0 Å². The Morgan fingerprint density at radius 1 is 1.33 bits per heavy atom. The van der Waals surface area contributed by atoms with Gasteiger partial charge in [0.1, 0.15) is 0 Å². The zero-order chi connectivity index (χ0) is 14.8. The van der Waals surface area contributed by atoms with E-state index in [9.17, 15) is 0 Å². The normalized spacial score (nSPS) is 22.2. The number of benzene rings is 1. The highest BCUT2D eigenvalue weighted by atomic mass is 79.9. The van der Waals surface area contributed by atoms with Crippen LogP contribution in [-0.4, -0.2) is 6.54 Å². The quantitative estimate of drug-likeness (QED) is 0.697. The van der Waals surface area contributed by atoms with Crippen molar-refractivity contribution in [2.45, 2.75) is 38.6 Å². The second-order valence-corrected chi connectivity index (χ2v) is 8.06. The number of hydrogen-bond donors (Lipinski definition) is 1. The molecule has 1 N–H and O–H groups in total. The molecule has 1 aromatic heterocycles. The van der Waals surface area contributed by atoms with E-state index in [4.69, 9.17) is 0 Å². The summed E-state index contributed by atoms with van der Waals surface area (Å²) in [6, 6.07) is 13.7. The Balaban J connectivity index is 1.80. The van der Waals surface area contributed by atoms with Crippen molar-refractivity contribution >= 4 is 27.3 Å². The Morgan fingerprint density at radius 3 is 2.71 bits per heavy atom. The highest BCUT2D eigenvalue weighted by Crippen LogP contribution is 2.55. The van der Waals surface area contributed by atoms with Crippen LogP contribution < -0.4 is 5.32 Å². The van der Waals surface area contributed by atoms with Gasteiger partial charge in [-0.3, -0.25) is 0 Å². The van der Waals surface area contributed by atoms with Crippen molar-refractivity contribution in [3.8, 4) is 0 Å². The van der Waals surface area contributed by atoms with Crippen molar-refractivity contribution in [1.29, 1.82) is 0 Å². The molecule has 1 fully saturated rings. The van der Waals surface area contributed by atoms with Crippen molar-refractivity contribution in [2.75, 3.05) is 6.54 Å². The average molecular weight is 364 g/mol. The summed E-state index contributed by atoms with van der Waals surface area (Å²) >= 11 is 5.68. The van der Waals surface area contributed by atoms with Crippen LogP contribution in [0.15, 0.2) is 40.9 Å². The fourth-order valence-corrected chi connectivity index (χ4v) is 5.17. The number of aryl methyl sites for hydroxylation is 1. The third-order valence-electron chi connectivity index (χ3n) is 4.23. The van der Waals surface area contributed by atoms with Crippen LogP contribution in [0.25, 0.3) is 0 Å². The largest absolute Gasteiger partial charge is 0.309 e. The molecule has 3 atom stereocenters. The van der Waals surface area contributed by atoms with E-state index in [1.54, 1.807) is 0 Å². The van der Waals surface area contributed by atoms with E-state index in [1.807, 2.05) is 11.3 Å². The summed E-state index contributed by atoms with van der Waals surface area (Å²) in [6.45, 7) is 5.52. The lowest BCUT2D eigenvalue weighted by Crippen LogP contribution is -2.23. The molecule has 0 amide bonds. The summed E-state index contributed by atoms with van der Waals surface area (Å²) in [5, 5.41) is 3.78. The first-order chi connectivity index (χ1) is 10.2. The average Bonchev–Trinajstić information content (AvgIpc) is 3.20. The Bertz CT molecular complexity index is 593. The standard InChI is InChI=1S/C18H22BrNS/c1-3-9-20-17(18-16(19)10-12(2)21-18)15-11-14(15)13-7-5-4-6-8-13/h4-8,10,14-15,17,20H,3,9,11H2,1-2H3. The number of halogens is 1. The fraction of sp³-hybridized carbons (Fsp3) is 0.444. The first-order valence-corrected chi connectivity index (χ1v) is 9.35. The number of thiophene rings is 1. The SMILES string of the molecule is CCCNC(c1sc(C)cc1Br)C1CC1c1ccccc1. The molecule has 1 aromatic carbocycles. The van der Waals surface area contributed by atoms with Crippen LogP contribution in [0.5, 0.6) is 0 Å². The van der Waals surface area contributed by atoms with Crippen LogP contribution >= 0.6 is 27.3 Å². The lowest BCUT2D eigenvalue weighted by Gasteiger charge is -2.18. The molecule has 0 radical (unpaired) electrons. The summed E-state index contributed by atoms with van der Waals surface area (Å²) in [4.78, 5) is 2.86. The highest BCUT2D eigenvalue weighted by molar-refractivity contribution is 9.10. The summed E-state index contributed by atoms with van der Waals surface area (Å²) in [6.07, 6.45) is 2.48. The van der Waals surface area contributed by atoms with Gasteiger partial charge in [-0.25, -0.2) is 0 Å². The third-order valence-corrected chi connectivity index (χ3v) is 6.28. The van der Waals surface area contributed by atoms with Gasteiger partial charge in [0.05, 0.1) is 0 Å². The molecule has 3 rings (SSSR count). The molecule has 1 heterocycles. The molecule has 1 nitrogen and oxygen atoms in total. The Labute approximate surface area is 139 Å². The monoisotopic (exact) mass is 363 g/mol. The van der Waals surface area contributed by atoms with Gasteiger partial charge in [-0.05, 0) is 65.7 Å². The molecule has 3 heteroatoms. The van der Waals surface area contributed by atoms with Gasteiger partial charge in [0.15, 0.2) is 0 Å². The topological polar surface area (TPSA) is 12.0 Å². The number of hydrogen-bond acceptors (Lipinski definition) is 2. The molecule has 1 aliphatic rings. The predicted octanol–water partition coefficient (Wildman–Crippen LogP) is 5.66. The molecule has 2 aromatic rings. The predicted molar refractivity (Wildman–Crippen MR) is 95.1 cm³/mol. The molecule has 0 aliphatic heterocycles. The fourth-order valence-electron chi connectivity index (χ4n) is 3.12. The van der Waals surface area contributed by atoms with Gasteiger partial charge >= 0.3 is 0 Å². The minimum Gasteiger partial charge on any atom is -0.309 e. The molecule has 1 aliphatic carbocycles. The second kappa shape index (κ2) is 6.64. The maximum Gasteiger partial charge on any atom is 0.0461 e. The molecule has 3 unspecified atom stereocenters. The molecule has 0 saturated heterocycles. The van der Waals surface area contributed by atoms with Gasteiger partial charge in [-0.1, -0.05) is 37.3 Å². The van der Waals surface area contributed by atoms with Crippen LogP contribution in [0.2, 0.25) is 0 Å². The lowest BCUT2D eigenvalue weighted by atomic mass is 10.0. The van der Waals surface area contributed by atoms with Crippen molar-refractivity contribution in [1.82, 2.24) is 5.32 Å². The minimum atomic E-state index is 0.489. The maximum absolute atomic E-state index is 3.78. The van der Waals surface area contributed by atoms with Crippen LogP contribution in [-0.2, 0) is 0 Å². The Kier molecular flexibility index (Phi) is 4.82. The molecular formula is C18H22BrNS. The van der Waals surface area contributed by atoms with E-state index in [1.165, 1.54) is 32.6 Å². The Morgan fingerprint density at radius 2 is 2.10 bits per heavy atom. The van der Waals surface area contributed by atoms with Gasteiger partial charge in [-0.15, -0.1) is 11.3 Å². The van der Waals surface area contributed by atoms with Crippen molar-refractivity contribution < 1.29 is 0 Å². The van der Waals surface area contributed by atoms with Gasteiger partial charge < -0.3 is 5.32 Å². The lowest BCUT2D eigenvalue weighted by molar-refractivity contribution is 0.478. The smallest absolute Gasteiger partial charge is 0.0461 e. The number of nitrogens with one attached hydrogen (secondary N) is 1. The van der Waals surface area contributed by atoms with E-state index < -0.39 is 0 Å². The van der Waals surface area contributed by atoms with Crippen molar-refractivity contribution in [3.05, 3.63) is 56.2 Å². The van der Waals surface area contributed by atoms with Crippen LogP contribution in [0, 0.1) is 12.8 Å². The summed E-state index contributed by atoms with van der Waals surface area (Å²) < 4.78 is 1.28.